The monoisotopic (exact) mass is 240 g/mol. The molecule has 2 aromatic rings. The van der Waals surface area contributed by atoms with Crippen LogP contribution in [0.5, 0.6) is 0 Å². The van der Waals surface area contributed by atoms with Gasteiger partial charge in [0.1, 0.15) is 5.69 Å². The normalized spacial score (nSPS) is 11.9. The highest BCUT2D eigenvalue weighted by Gasteiger charge is 2.10. The molecule has 0 aliphatic carbocycles. The van der Waals surface area contributed by atoms with Crippen molar-refractivity contribution in [3.63, 3.8) is 0 Å². The van der Waals surface area contributed by atoms with Crippen LogP contribution < -0.4 is 4.48 Å². The summed E-state index contributed by atoms with van der Waals surface area (Å²) in [5, 5.41) is 8.41. The summed E-state index contributed by atoms with van der Waals surface area (Å²) in [6.07, 6.45) is 0. The predicted molar refractivity (Wildman–Crippen MR) is 76.6 cm³/mol. The second-order valence-corrected chi connectivity index (χ2v) is 5.06. The lowest BCUT2D eigenvalue weighted by molar-refractivity contribution is 0.486. The molecule has 0 aromatic heterocycles. The van der Waals surface area contributed by atoms with Crippen molar-refractivity contribution in [3.05, 3.63) is 54.6 Å². The maximum absolute atomic E-state index is 4.22. The van der Waals surface area contributed by atoms with Crippen molar-refractivity contribution in [1.29, 1.82) is 0 Å². The average molecular weight is 240 g/mol. The van der Waals surface area contributed by atoms with Gasteiger partial charge < -0.3 is 0 Å². The van der Waals surface area contributed by atoms with E-state index in [-0.39, 0.29) is 0 Å². The topological polar surface area (TPSA) is 24.7 Å². The molecule has 0 fully saturated rings. The summed E-state index contributed by atoms with van der Waals surface area (Å²) in [5.74, 6) is 0. The summed E-state index contributed by atoms with van der Waals surface area (Å²) in [6.45, 7) is 0. The van der Waals surface area contributed by atoms with Crippen molar-refractivity contribution >= 4 is 17.1 Å². The summed E-state index contributed by atoms with van der Waals surface area (Å²) in [5.41, 5.74) is 2.98. The van der Waals surface area contributed by atoms with Gasteiger partial charge >= 0.3 is 0 Å². The maximum Gasteiger partial charge on any atom is 0.132 e. The maximum atomic E-state index is 4.22. The van der Waals surface area contributed by atoms with Gasteiger partial charge in [-0.15, -0.1) is 0 Å². The van der Waals surface area contributed by atoms with Crippen molar-refractivity contribution in [3.8, 4) is 0 Å². The van der Waals surface area contributed by atoms with Crippen LogP contribution in [0.15, 0.2) is 64.8 Å². The van der Waals surface area contributed by atoms with E-state index < -0.39 is 0 Å². The summed E-state index contributed by atoms with van der Waals surface area (Å²) in [6, 6.07) is 17.9. The van der Waals surface area contributed by atoms with Crippen molar-refractivity contribution in [2.75, 3.05) is 21.1 Å². The highest BCUT2D eigenvalue weighted by molar-refractivity contribution is 5.49. The van der Waals surface area contributed by atoms with Crippen molar-refractivity contribution < 1.29 is 0 Å². The number of quaternary nitrogens is 1. The number of hydrogen-bond acceptors (Lipinski definition) is 2. The lowest BCUT2D eigenvalue weighted by Gasteiger charge is -2.23. The van der Waals surface area contributed by atoms with Gasteiger partial charge in [0.05, 0.1) is 32.5 Å². The smallest absolute Gasteiger partial charge is 0.132 e. The number of nitrogens with zero attached hydrogens (tertiary/aromatic N) is 3. The first-order valence-corrected chi connectivity index (χ1v) is 5.94. The Hall–Kier alpha value is -2.00. The molecule has 0 bridgehead atoms. The molecule has 0 aliphatic rings. The molecule has 0 unspecified atom stereocenters. The molecular formula is C15H18N3+. The molecule has 0 saturated heterocycles. The van der Waals surface area contributed by atoms with E-state index in [1.54, 1.807) is 0 Å². The third-order valence-electron chi connectivity index (χ3n) is 2.66. The molecule has 0 aliphatic heterocycles. The van der Waals surface area contributed by atoms with E-state index in [1.807, 2.05) is 42.5 Å². The van der Waals surface area contributed by atoms with Crippen LogP contribution in [0.2, 0.25) is 0 Å². The molecule has 3 heteroatoms. The molecule has 2 rings (SSSR count). The average Bonchev–Trinajstić information content (AvgIpc) is 2.37. The van der Waals surface area contributed by atoms with Crippen LogP contribution in [0, 0.1) is 0 Å². The Balaban J connectivity index is 2.14. The number of hydrogen-bond donors (Lipinski definition) is 0. The molecular weight excluding hydrogens is 222 g/mol. The SMILES string of the molecule is C[N+](C)(C)c1ccc(N=Nc2ccccc2)cc1. The third kappa shape index (κ3) is 3.25. The van der Waals surface area contributed by atoms with Gasteiger partial charge in [-0.05, 0) is 24.3 Å². The van der Waals surface area contributed by atoms with E-state index in [2.05, 4.69) is 43.5 Å². The molecule has 2 aromatic carbocycles. The minimum atomic E-state index is 0.802. The second kappa shape index (κ2) is 5.10. The molecule has 0 atom stereocenters. The zero-order chi connectivity index (χ0) is 13.0. The second-order valence-electron chi connectivity index (χ2n) is 5.06. The first kappa shape index (κ1) is 12.5. The zero-order valence-electron chi connectivity index (χ0n) is 11.0. The summed E-state index contributed by atoms with van der Waals surface area (Å²) >= 11 is 0. The largest absolute Gasteiger partial charge is 0.298 e. The number of azo groups is 1. The standard InChI is InChI=1S/C15H18N3/c1-18(2,3)15-11-9-14(10-12-15)17-16-13-7-5-4-6-8-13/h4-12H,1-3H3/q+1. The van der Waals surface area contributed by atoms with Crippen LogP contribution in [0.1, 0.15) is 0 Å². The van der Waals surface area contributed by atoms with Crippen LogP contribution in [-0.4, -0.2) is 21.1 Å². The Morgan fingerprint density at radius 3 is 1.67 bits per heavy atom. The van der Waals surface area contributed by atoms with Gasteiger partial charge in [-0.25, -0.2) is 0 Å². The van der Waals surface area contributed by atoms with Gasteiger partial charge in [0.25, 0.3) is 0 Å². The fourth-order valence-electron chi connectivity index (χ4n) is 1.58. The molecule has 3 nitrogen and oxygen atoms in total. The third-order valence-corrected chi connectivity index (χ3v) is 2.66. The fraction of sp³-hybridized carbons (Fsp3) is 0.200. The van der Waals surface area contributed by atoms with Crippen LogP contribution in [0.25, 0.3) is 0 Å². The molecule has 0 heterocycles. The molecule has 0 saturated carbocycles. The molecule has 0 radical (unpaired) electrons. The summed E-state index contributed by atoms with van der Waals surface area (Å²) in [4.78, 5) is 0. The van der Waals surface area contributed by atoms with Gasteiger partial charge in [-0.3, -0.25) is 4.48 Å². The predicted octanol–water partition coefficient (Wildman–Crippen LogP) is 4.30. The summed E-state index contributed by atoms with van der Waals surface area (Å²) < 4.78 is 0.802. The van der Waals surface area contributed by atoms with Crippen LogP contribution >= 0.6 is 0 Å². The quantitative estimate of drug-likeness (QED) is 0.564. The van der Waals surface area contributed by atoms with Crippen LogP contribution in [0.4, 0.5) is 17.1 Å². The van der Waals surface area contributed by atoms with Crippen molar-refractivity contribution in [2.24, 2.45) is 10.2 Å². The highest BCUT2D eigenvalue weighted by Crippen LogP contribution is 2.23. The lowest BCUT2D eigenvalue weighted by atomic mass is 10.2. The number of benzene rings is 2. The van der Waals surface area contributed by atoms with Gasteiger partial charge in [-0.1, -0.05) is 18.2 Å². The Morgan fingerprint density at radius 2 is 1.17 bits per heavy atom. The van der Waals surface area contributed by atoms with E-state index >= 15 is 0 Å². The molecule has 0 amide bonds. The van der Waals surface area contributed by atoms with Gasteiger partial charge in [-0.2, -0.15) is 10.2 Å². The van der Waals surface area contributed by atoms with E-state index in [9.17, 15) is 0 Å². The minimum Gasteiger partial charge on any atom is -0.298 e. The Kier molecular flexibility index (Phi) is 3.53. The molecule has 18 heavy (non-hydrogen) atoms. The Bertz CT molecular complexity index is 522. The number of rotatable bonds is 3. The van der Waals surface area contributed by atoms with E-state index in [0.29, 0.717) is 0 Å². The molecule has 0 N–H and O–H groups in total. The molecule has 0 spiro atoms. The van der Waals surface area contributed by atoms with Crippen molar-refractivity contribution in [1.82, 2.24) is 4.48 Å². The van der Waals surface area contributed by atoms with E-state index in [1.165, 1.54) is 5.69 Å². The van der Waals surface area contributed by atoms with Crippen molar-refractivity contribution in [2.45, 2.75) is 0 Å². The minimum absolute atomic E-state index is 0.802. The Morgan fingerprint density at radius 1 is 0.667 bits per heavy atom. The molecule has 92 valence electrons. The van der Waals surface area contributed by atoms with Crippen LogP contribution in [0.3, 0.4) is 0 Å². The lowest BCUT2D eigenvalue weighted by Crippen LogP contribution is -2.34. The zero-order valence-corrected chi connectivity index (χ0v) is 11.0. The first-order chi connectivity index (χ1) is 8.55. The Labute approximate surface area is 108 Å². The first-order valence-electron chi connectivity index (χ1n) is 5.94. The van der Waals surface area contributed by atoms with E-state index in [0.717, 1.165) is 15.9 Å². The highest BCUT2D eigenvalue weighted by atomic mass is 15.3. The van der Waals surface area contributed by atoms with Gasteiger partial charge in [0, 0.05) is 12.1 Å². The van der Waals surface area contributed by atoms with Crippen LogP contribution in [-0.2, 0) is 0 Å². The van der Waals surface area contributed by atoms with Gasteiger partial charge in [0.2, 0.25) is 0 Å². The fourth-order valence-corrected chi connectivity index (χ4v) is 1.58. The van der Waals surface area contributed by atoms with E-state index in [4.69, 9.17) is 0 Å². The summed E-state index contributed by atoms with van der Waals surface area (Å²) in [7, 11) is 6.42. The van der Waals surface area contributed by atoms with Gasteiger partial charge in [0.15, 0.2) is 0 Å².